The number of nitrogens with zero attached hydrogens (tertiary/aromatic N) is 3. The zero-order chi connectivity index (χ0) is 21.3. The standard InChI is InChI=1S/C23H35N5O2/c1-5-17(6-2)22-14-21(30-27-22)15-25-23(24-3)26-18-9-8-12-28(16-18)19-10-7-11-20(13-19)29-4/h7,10-11,13-14,17-18H,5-6,8-9,12,15-16H2,1-4H3,(H2,24,25,26). The lowest BCUT2D eigenvalue weighted by Crippen LogP contribution is -2.51. The second-order valence-electron chi connectivity index (χ2n) is 7.79. The summed E-state index contributed by atoms with van der Waals surface area (Å²) in [5.41, 5.74) is 2.24. The Morgan fingerprint density at radius 3 is 2.90 bits per heavy atom. The molecule has 1 aliphatic heterocycles. The third kappa shape index (κ3) is 5.68. The lowest BCUT2D eigenvalue weighted by molar-refractivity contribution is 0.367. The van der Waals surface area contributed by atoms with Crippen molar-refractivity contribution < 1.29 is 9.26 Å². The summed E-state index contributed by atoms with van der Waals surface area (Å²) in [6.45, 7) is 6.92. The lowest BCUT2D eigenvalue weighted by atomic mass is 9.99. The number of hydrogen-bond acceptors (Lipinski definition) is 5. The van der Waals surface area contributed by atoms with Crippen LogP contribution in [0, 0.1) is 0 Å². The molecule has 1 fully saturated rings. The summed E-state index contributed by atoms with van der Waals surface area (Å²) in [4.78, 5) is 6.79. The normalized spacial score (nSPS) is 17.3. The molecule has 2 N–H and O–H groups in total. The molecule has 1 aromatic heterocycles. The molecule has 0 spiro atoms. The van der Waals surface area contributed by atoms with Crippen molar-refractivity contribution in [3.05, 3.63) is 41.8 Å². The highest BCUT2D eigenvalue weighted by Crippen LogP contribution is 2.24. The summed E-state index contributed by atoms with van der Waals surface area (Å²) in [7, 11) is 3.51. The Hall–Kier alpha value is -2.70. The van der Waals surface area contributed by atoms with Gasteiger partial charge in [-0.05, 0) is 37.8 Å². The molecule has 1 aromatic carbocycles. The fourth-order valence-corrected chi connectivity index (χ4v) is 4.01. The molecule has 0 bridgehead atoms. The average molecular weight is 414 g/mol. The number of ether oxygens (including phenoxy) is 1. The molecule has 2 heterocycles. The maximum atomic E-state index is 5.52. The van der Waals surface area contributed by atoms with E-state index in [-0.39, 0.29) is 0 Å². The topological polar surface area (TPSA) is 74.9 Å². The quantitative estimate of drug-likeness (QED) is 0.505. The Morgan fingerprint density at radius 1 is 1.33 bits per heavy atom. The van der Waals surface area contributed by atoms with E-state index in [0.717, 1.165) is 61.9 Å². The number of hydrogen-bond donors (Lipinski definition) is 2. The van der Waals surface area contributed by atoms with E-state index < -0.39 is 0 Å². The molecule has 0 radical (unpaired) electrons. The second kappa shape index (κ2) is 10.9. The number of aromatic nitrogens is 1. The molecule has 2 aromatic rings. The smallest absolute Gasteiger partial charge is 0.191 e. The number of methoxy groups -OCH3 is 1. The fraction of sp³-hybridized carbons (Fsp3) is 0.565. The van der Waals surface area contributed by atoms with Crippen molar-refractivity contribution in [1.29, 1.82) is 0 Å². The number of benzene rings is 1. The molecule has 1 aliphatic rings. The van der Waals surface area contributed by atoms with Crippen molar-refractivity contribution in [3.8, 4) is 5.75 Å². The molecule has 1 saturated heterocycles. The van der Waals surface area contributed by atoms with Crippen molar-refractivity contribution in [3.63, 3.8) is 0 Å². The van der Waals surface area contributed by atoms with E-state index >= 15 is 0 Å². The maximum absolute atomic E-state index is 5.52. The third-order valence-electron chi connectivity index (χ3n) is 5.82. The molecule has 0 amide bonds. The van der Waals surface area contributed by atoms with Crippen LogP contribution in [0.3, 0.4) is 0 Å². The molecule has 7 heteroatoms. The highest BCUT2D eigenvalue weighted by Gasteiger charge is 2.21. The van der Waals surface area contributed by atoms with Gasteiger partial charge in [0.15, 0.2) is 11.7 Å². The number of nitrogens with one attached hydrogen (secondary N) is 2. The predicted octanol–water partition coefficient (Wildman–Crippen LogP) is 3.92. The minimum Gasteiger partial charge on any atom is -0.497 e. The van der Waals surface area contributed by atoms with Crippen LogP contribution in [0.25, 0.3) is 0 Å². The Morgan fingerprint density at radius 2 is 2.17 bits per heavy atom. The van der Waals surface area contributed by atoms with E-state index in [1.165, 1.54) is 5.69 Å². The summed E-state index contributed by atoms with van der Waals surface area (Å²) in [5.74, 6) is 2.97. The molecule has 30 heavy (non-hydrogen) atoms. The van der Waals surface area contributed by atoms with E-state index in [2.05, 4.69) is 57.7 Å². The van der Waals surface area contributed by atoms with Gasteiger partial charge >= 0.3 is 0 Å². The first-order chi connectivity index (χ1) is 14.7. The SMILES string of the molecule is CCC(CC)c1cc(CNC(=NC)NC2CCCN(c3cccc(OC)c3)C2)on1. The Balaban J connectivity index is 1.54. The molecule has 7 nitrogen and oxygen atoms in total. The van der Waals surface area contributed by atoms with Crippen LogP contribution in [-0.4, -0.2) is 44.4 Å². The molecule has 1 unspecified atom stereocenters. The first kappa shape index (κ1) is 22.0. The molecule has 0 aliphatic carbocycles. The Labute approximate surface area is 179 Å². The summed E-state index contributed by atoms with van der Waals surface area (Å²) >= 11 is 0. The number of aliphatic imine (C=N–C) groups is 1. The highest BCUT2D eigenvalue weighted by molar-refractivity contribution is 5.80. The average Bonchev–Trinajstić information content (AvgIpc) is 3.26. The van der Waals surface area contributed by atoms with Crippen molar-refractivity contribution in [2.24, 2.45) is 4.99 Å². The fourth-order valence-electron chi connectivity index (χ4n) is 4.01. The maximum Gasteiger partial charge on any atom is 0.191 e. The van der Waals surface area contributed by atoms with E-state index in [4.69, 9.17) is 9.26 Å². The van der Waals surface area contributed by atoms with Crippen LogP contribution < -0.4 is 20.3 Å². The van der Waals surface area contributed by atoms with Gasteiger partial charge in [0.05, 0.1) is 19.3 Å². The van der Waals surface area contributed by atoms with E-state index in [1.54, 1.807) is 14.2 Å². The third-order valence-corrected chi connectivity index (χ3v) is 5.82. The van der Waals surface area contributed by atoms with Gasteiger partial charge in [-0.1, -0.05) is 25.1 Å². The van der Waals surface area contributed by atoms with Gasteiger partial charge in [-0.2, -0.15) is 0 Å². The lowest BCUT2D eigenvalue weighted by Gasteiger charge is -2.35. The van der Waals surface area contributed by atoms with Crippen molar-refractivity contribution in [1.82, 2.24) is 15.8 Å². The largest absolute Gasteiger partial charge is 0.497 e. The van der Waals surface area contributed by atoms with Gasteiger partial charge in [0, 0.05) is 49.9 Å². The minimum atomic E-state index is 0.325. The molecular weight excluding hydrogens is 378 g/mol. The minimum absolute atomic E-state index is 0.325. The summed E-state index contributed by atoms with van der Waals surface area (Å²) in [5, 5.41) is 11.2. The van der Waals surface area contributed by atoms with Gasteiger partial charge in [0.2, 0.25) is 0 Å². The molecule has 0 saturated carbocycles. The van der Waals surface area contributed by atoms with Crippen LogP contribution in [0.1, 0.15) is 56.9 Å². The zero-order valence-electron chi connectivity index (χ0n) is 18.6. The number of rotatable bonds is 8. The number of guanidine groups is 1. The van der Waals surface area contributed by atoms with Gasteiger partial charge in [-0.3, -0.25) is 4.99 Å². The summed E-state index contributed by atoms with van der Waals surface area (Å²) in [6.07, 6.45) is 4.39. The van der Waals surface area contributed by atoms with Crippen LogP contribution >= 0.6 is 0 Å². The molecular formula is C23H35N5O2. The molecule has 164 valence electrons. The summed E-state index contributed by atoms with van der Waals surface area (Å²) < 4.78 is 10.9. The van der Waals surface area contributed by atoms with Gasteiger partial charge < -0.3 is 24.8 Å². The van der Waals surface area contributed by atoms with Gasteiger partial charge in [-0.25, -0.2) is 0 Å². The van der Waals surface area contributed by atoms with Crippen LogP contribution in [0.2, 0.25) is 0 Å². The predicted molar refractivity (Wildman–Crippen MR) is 121 cm³/mol. The highest BCUT2D eigenvalue weighted by atomic mass is 16.5. The van der Waals surface area contributed by atoms with Gasteiger partial charge in [0.25, 0.3) is 0 Å². The first-order valence-electron chi connectivity index (χ1n) is 11.0. The van der Waals surface area contributed by atoms with Crippen LogP contribution in [0.4, 0.5) is 5.69 Å². The monoisotopic (exact) mass is 413 g/mol. The molecule has 1 atom stereocenters. The van der Waals surface area contributed by atoms with Crippen molar-refractivity contribution in [2.45, 2.75) is 58.0 Å². The number of piperidine rings is 1. The summed E-state index contributed by atoms with van der Waals surface area (Å²) in [6, 6.07) is 10.6. The second-order valence-corrected chi connectivity index (χ2v) is 7.79. The first-order valence-corrected chi connectivity index (χ1v) is 11.0. The van der Waals surface area contributed by atoms with Crippen LogP contribution in [0.5, 0.6) is 5.75 Å². The van der Waals surface area contributed by atoms with E-state index in [1.807, 2.05) is 12.1 Å². The zero-order valence-corrected chi connectivity index (χ0v) is 18.6. The van der Waals surface area contributed by atoms with Gasteiger partial charge in [0.1, 0.15) is 5.75 Å². The Kier molecular flexibility index (Phi) is 7.99. The van der Waals surface area contributed by atoms with Crippen LogP contribution in [0.15, 0.2) is 39.8 Å². The van der Waals surface area contributed by atoms with E-state index in [0.29, 0.717) is 18.5 Å². The van der Waals surface area contributed by atoms with Gasteiger partial charge in [-0.15, -0.1) is 0 Å². The van der Waals surface area contributed by atoms with Crippen molar-refractivity contribution >= 4 is 11.6 Å². The molecule has 3 rings (SSSR count). The van der Waals surface area contributed by atoms with Crippen molar-refractivity contribution in [2.75, 3.05) is 32.1 Å². The van der Waals surface area contributed by atoms with Crippen LogP contribution in [-0.2, 0) is 6.54 Å². The van der Waals surface area contributed by atoms with E-state index in [9.17, 15) is 0 Å². The number of anilines is 1. The Bertz CT molecular complexity index is 815.